The zero-order valence-corrected chi connectivity index (χ0v) is 16.0. The summed E-state index contributed by atoms with van der Waals surface area (Å²) in [6.07, 6.45) is 2.99. The normalized spacial score (nSPS) is 31.2. The molecular formula is C18H30BNO4. The first-order chi connectivity index (χ1) is 10.9. The van der Waals surface area contributed by atoms with E-state index in [0.29, 0.717) is 11.8 Å². The second-order valence-corrected chi connectivity index (χ2v) is 9.34. The topological polar surface area (TPSA) is 48.0 Å². The molecule has 0 N–H and O–H groups in total. The standard InChI is InChI=1S/C18H30BNO4/c1-16(2,3)22-15(21)20-10-12-8-14(9-13(12)11-20)19-23-17(4,5)18(6,7)24-19/h8,12-13H,9-11H2,1-7H3/t12-,13?/m0/s1. The van der Waals surface area contributed by atoms with Crippen molar-refractivity contribution in [1.29, 1.82) is 0 Å². The Balaban J connectivity index is 1.62. The maximum Gasteiger partial charge on any atom is 0.490 e. The summed E-state index contributed by atoms with van der Waals surface area (Å²) < 4.78 is 17.8. The zero-order valence-electron chi connectivity index (χ0n) is 16.0. The minimum atomic E-state index is -0.446. The van der Waals surface area contributed by atoms with E-state index in [4.69, 9.17) is 14.0 Å². The summed E-state index contributed by atoms with van der Waals surface area (Å²) in [6.45, 7) is 15.5. The summed E-state index contributed by atoms with van der Waals surface area (Å²) >= 11 is 0. The Labute approximate surface area is 145 Å². The first-order valence-electron chi connectivity index (χ1n) is 8.92. The van der Waals surface area contributed by atoms with Crippen LogP contribution in [0, 0.1) is 11.8 Å². The highest BCUT2D eigenvalue weighted by Gasteiger charge is 2.54. The van der Waals surface area contributed by atoms with E-state index in [1.165, 1.54) is 5.47 Å². The van der Waals surface area contributed by atoms with Crippen molar-refractivity contribution in [2.45, 2.75) is 71.7 Å². The molecule has 5 nitrogen and oxygen atoms in total. The third-order valence-corrected chi connectivity index (χ3v) is 5.63. The fourth-order valence-electron chi connectivity index (χ4n) is 3.59. The van der Waals surface area contributed by atoms with Gasteiger partial charge in [0.15, 0.2) is 0 Å². The van der Waals surface area contributed by atoms with Crippen molar-refractivity contribution < 1.29 is 18.8 Å². The summed E-state index contributed by atoms with van der Waals surface area (Å²) in [5.74, 6) is 0.832. The molecule has 3 aliphatic rings. The molecule has 134 valence electrons. The van der Waals surface area contributed by atoms with E-state index in [2.05, 4.69) is 33.8 Å². The number of likely N-dealkylation sites (tertiary alicyclic amines) is 1. The second-order valence-electron chi connectivity index (χ2n) is 9.34. The number of ether oxygens (including phenoxy) is 1. The summed E-state index contributed by atoms with van der Waals surface area (Å²) in [4.78, 5) is 14.1. The molecule has 0 bridgehead atoms. The van der Waals surface area contributed by atoms with Crippen molar-refractivity contribution in [3.05, 3.63) is 11.5 Å². The van der Waals surface area contributed by atoms with Crippen LogP contribution >= 0.6 is 0 Å². The number of carbonyl (C=O) groups excluding carboxylic acids is 1. The van der Waals surface area contributed by atoms with Crippen LogP contribution in [0.4, 0.5) is 4.79 Å². The highest BCUT2D eigenvalue weighted by atomic mass is 16.7. The van der Waals surface area contributed by atoms with E-state index in [0.717, 1.165) is 19.5 Å². The van der Waals surface area contributed by atoms with Gasteiger partial charge in [-0.2, -0.15) is 0 Å². The molecule has 0 spiro atoms. The average Bonchev–Trinajstić information content (AvgIpc) is 2.97. The van der Waals surface area contributed by atoms with Crippen LogP contribution in [0.1, 0.15) is 54.9 Å². The van der Waals surface area contributed by atoms with Gasteiger partial charge in [-0.05, 0) is 72.2 Å². The van der Waals surface area contributed by atoms with Gasteiger partial charge >= 0.3 is 13.2 Å². The quantitative estimate of drug-likeness (QED) is 0.689. The molecule has 1 aliphatic carbocycles. The van der Waals surface area contributed by atoms with E-state index >= 15 is 0 Å². The van der Waals surface area contributed by atoms with Crippen LogP contribution in [0.25, 0.3) is 0 Å². The van der Waals surface area contributed by atoms with Crippen LogP contribution in [0.15, 0.2) is 11.5 Å². The number of allylic oxidation sites excluding steroid dienone is 1. The monoisotopic (exact) mass is 335 g/mol. The molecule has 24 heavy (non-hydrogen) atoms. The van der Waals surface area contributed by atoms with Gasteiger partial charge in [-0.3, -0.25) is 0 Å². The predicted octanol–water partition coefficient (Wildman–Crippen LogP) is 3.43. The molecule has 3 rings (SSSR count). The minimum Gasteiger partial charge on any atom is -0.444 e. The largest absolute Gasteiger partial charge is 0.490 e. The Morgan fingerprint density at radius 1 is 1.21 bits per heavy atom. The lowest BCUT2D eigenvalue weighted by molar-refractivity contribution is 0.00578. The average molecular weight is 335 g/mol. The number of nitrogens with zero attached hydrogens (tertiary/aromatic N) is 1. The van der Waals surface area contributed by atoms with Crippen LogP contribution < -0.4 is 0 Å². The van der Waals surface area contributed by atoms with Gasteiger partial charge in [0.2, 0.25) is 0 Å². The maximum absolute atomic E-state index is 12.2. The van der Waals surface area contributed by atoms with E-state index in [1.54, 1.807) is 0 Å². The van der Waals surface area contributed by atoms with Crippen molar-refractivity contribution in [2.24, 2.45) is 11.8 Å². The summed E-state index contributed by atoms with van der Waals surface area (Å²) in [5.41, 5.74) is 0.170. The Bertz CT molecular complexity index is 548. The fraction of sp³-hybridized carbons (Fsp3) is 0.833. The summed E-state index contributed by atoms with van der Waals surface area (Å²) in [6, 6.07) is 0. The molecule has 0 aromatic rings. The predicted molar refractivity (Wildman–Crippen MR) is 93.6 cm³/mol. The van der Waals surface area contributed by atoms with Crippen molar-refractivity contribution in [2.75, 3.05) is 13.1 Å². The van der Waals surface area contributed by atoms with E-state index < -0.39 is 5.60 Å². The molecule has 0 radical (unpaired) electrons. The smallest absolute Gasteiger partial charge is 0.444 e. The summed E-state index contributed by atoms with van der Waals surface area (Å²) in [7, 11) is -0.254. The third-order valence-electron chi connectivity index (χ3n) is 5.63. The van der Waals surface area contributed by atoms with Gasteiger partial charge in [-0.15, -0.1) is 0 Å². The van der Waals surface area contributed by atoms with Crippen LogP contribution in [-0.4, -0.2) is 48.0 Å². The van der Waals surface area contributed by atoms with Crippen LogP contribution in [0.2, 0.25) is 0 Å². The van der Waals surface area contributed by atoms with Crippen LogP contribution in [0.3, 0.4) is 0 Å². The molecule has 2 aliphatic heterocycles. The molecule has 2 atom stereocenters. The number of fused-ring (bicyclic) bond motifs is 1. The van der Waals surface area contributed by atoms with E-state index in [1.807, 2.05) is 25.7 Å². The van der Waals surface area contributed by atoms with Crippen molar-refractivity contribution in [1.82, 2.24) is 4.90 Å². The SMILES string of the molecule is CC(C)(C)OC(=O)N1CC2CC(B3OC(C)(C)C(C)(C)O3)=C[C@H]2C1. The van der Waals surface area contributed by atoms with Gasteiger partial charge < -0.3 is 18.9 Å². The van der Waals surface area contributed by atoms with Gasteiger partial charge in [0.25, 0.3) is 0 Å². The van der Waals surface area contributed by atoms with Crippen LogP contribution in [0.5, 0.6) is 0 Å². The lowest BCUT2D eigenvalue weighted by Crippen LogP contribution is -2.41. The highest BCUT2D eigenvalue weighted by Crippen LogP contribution is 2.44. The first kappa shape index (κ1) is 17.8. The Hall–Kier alpha value is -1.01. The van der Waals surface area contributed by atoms with Gasteiger partial charge in [0.1, 0.15) is 5.60 Å². The zero-order chi connectivity index (χ0) is 17.9. The highest BCUT2D eigenvalue weighted by molar-refractivity contribution is 6.54. The van der Waals surface area contributed by atoms with Gasteiger partial charge in [0.05, 0.1) is 11.2 Å². The molecule has 6 heteroatoms. The second kappa shape index (κ2) is 5.50. The molecule has 2 heterocycles. The number of hydrogen-bond acceptors (Lipinski definition) is 4. The van der Waals surface area contributed by atoms with Crippen molar-refractivity contribution in [3.8, 4) is 0 Å². The number of amides is 1. The lowest BCUT2D eigenvalue weighted by Gasteiger charge is -2.32. The number of rotatable bonds is 1. The maximum atomic E-state index is 12.2. The summed E-state index contributed by atoms with van der Waals surface area (Å²) in [5, 5.41) is 0. The Morgan fingerprint density at radius 3 is 2.29 bits per heavy atom. The van der Waals surface area contributed by atoms with Crippen molar-refractivity contribution >= 4 is 13.2 Å². The van der Waals surface area contributed by atoms with Gasteiger partial charge in [-0.1, -0.05) is 6.08 Å². The lowest BCUT2D eigenvalue weighted by atomic mass is 9.77. The third kappa shape index (κ3) is 3.23. The minimum absolute atomic E-state index is 0.206. The number of carbonyl (C=O) groups is 1. The molecular weight excluding hydrogens is 305 g/mol. The van der Waals surface area contributed by atoms with E-state index in [-0.39, 0.29) is 24.4 Å². The van der Waals surface area contributed by atoms with Gasteiger partial charge in [0, 0.05) is 13.1 Å². The van der Waals surface area contributed by atoms with E-state index in [9.17, 15) is 4.79 Å². The number of hydrogen-bond donors (Lipinski definition) is 0. The fourth-order valence-corrected chi connectivity index (χ4v) is 3.59. The Kier molecular flexibility index (Phi) is 4.08. The van der Waals surface area contributed by atoms with Crippen LogP contribution in [-0.2, 0) is 14.0 Å². The van der Waals surface area contributed by atoms with Crippen molar-refractivity contribution in [3.63, 3.8) is 0 Å². The molecule has 0 aromatic heterocycles. The molecule has 1 unspecified atom stereocenters. The molecule has 0 saturated carbocycles. The molecule has 2 saturated heterocycles. The molecule has 2 fully saturated rings. The molecule has 1 amide bonds. The molecule has 0 aromatic carbocycles. The first-order valence-corrected chi connectivity index (χ1v) is 8.92. The van der Waals surface area contributed by atoms with Gasteiger partial charge in [-0.25, -0.2) is 4.79 Å². The Morgan fingerprint density at radius 2 is 1.79 bits per heavy atom.